The molecule has 0 amide bonds. The molecule has 35 heavy (non-hydrogen) atoms. The van der Waals surface area contributed by atoms with Crippen LogP contribution in [0.5, 0.6) is 0 Å². The molecule has 1 aliphatic rings. The summed E-state index contributed by atoms with van der Waals surface area (Å²) in [6.07, 6.45) is 0. The topological polar surface area (TPSA) is 61.0 Å². The Morgan fingerprint density at radius 1 is 0.857 bits per heavy atom. The molecule has 0 bridgehead atoms. The normalized spacial score (nSPS) is 14.5. The van der Waals surface area contributed by atoms with Gasteiger partial charge in [-0.2, -0.15) is 0 Å². The highest BCUT2D eigenvalue weighted by Gasteiger charge is 2.34. The van der Waals surface area contributed by atoms with Crippen molar-refractivity contribution in [1.29, 1.82) is 0 Å². The fourth-order valence-corrected chi connectivity index (χ4v) is 5.11. The summed E-state index contributed by atoms with van der Waals surface area (Å²) in [4.78, 5) is 26.7. The van der Waals surface area contributed by atoms with Crippen LogP contribution in [0, 0.1) is 12.7 Å². The molecule has 0 radical (unpaired) electrons. The number of hydrogen-bond acceptors (Lipinski definition) is 3. The number of benzene rings is 3. The number of halogens is 1. The lowest BCUT2D eigenvalue weighted by molar-refractivity contribution is 0.626. The van der Waals surface area contributed by atoms with E-state index in [0.29, 0.717) is 10.9 Å². The van der Waals surface area contributed by atoms with Gasteiger partial charge in [0, 0.05) is 14.1 Å². The van der Waals surface area contributed by atoms with Crippen LogP contribution in [0.1, 0.15) is 22.9 Å². The Bertz CT molecular complexity index is 1740. The molecule has 3 heterocycles. The highest BCUT2D eigenvalue weighted by molar-refractivity contribution is 5.99. The van der Waals surface area contributed by atoms with Gasteiger partial charge in [0.15, 0.2) is 0 Å². The smallest absolute Gasteiger partial charge is 0.331 e. The molecule has 0 fully saturated rings. The van der Waals surface area contributed by atoms with E-state index in [1.807, 2.05) is 55.5 Å². The van der Waals surface area contributed by atoms with Crippen LogP contribution < -0.4 is 16.6 Å². The molecule has 5 aromatic rings. The zero-order chi connectivity index (χ0) is 24.4. The standard InChI is InChI=1S/C28H23FN4O2/c1-16-8-10-18(11-9-16)24-22-25(31(2)28(35)32(3)27(22)34)26-23(17-12-14-19(29)15-13-17)30-20-6-4-5-7-21(20)33(24)26/h4-15,23,30H,1-3H3. The number of aryl methyl sites for hydroxylation is 2. The minimum absolute atomic E-state index is 0.327. The van der Waals surface area contributed by atoms with Gasteiger partial charge in [-0.25, -0.2) is 9.18 Å². The molecule has 174 valence electrons. The van der Waals surface area contributed by atoms with Gasteiger partial charge in [0.1, 0.15) is 5.82 Å². The largest absolute Gasteiger partial charge is 0.371 e. The van der Waals surface area contributed by atoms with Crippen molar-refractivity contribution in [2.75, 3.05) is 5.32 Å². The molecule has 6 nitrogen and oxygen atoms in total. The van der Waals surface area contributed by atoms with Gasteiger partial charge >= 0.3 is 5.69 Å². The Kier molecular flexibility index (Phi) is 4.57. The van der Waals surface area contributed by atoms with Crippen molar-refractivity contribution < 1.29 is 4.39 Å². The maximum Gasteiger partial charge on any atom is 0.331 e. The minimum atomic E-state index is -0.412. The first-order valence-electron chi connectivity index (χ1n) is 11.4. The van der Waals surface area contributed by atoms with Gasteiger partial charge < -0.3 is 9.88 Å². The van der Waals surface area contributed by atoms with E-state index >= 15 is 0 Å². The van der Waals surface area contributed by atoms with Gasteiger partial charge in [-0.15, -0.1) is 0 Å². The number of nitrogens with zero attached hydrogens (tertiary/aromatic N) is 3. The molecule has 7 heteroatoms. The van der Waals surface area contributed by atoms with E-state index in [0.717, 1.165) is 44.0 Å². The first-order chi connectivity index (χ1) is 16.9. The number of rotatable bonds is 2. The maximum atomic E-state index is 13.8. The van der Waals surface area contributed by atoms with Crippen LogP contribution in [0.4, 0.5) is 10.1 Å². The van der Waals surface area contributed by atoms with Crippen molar-refractivity contribution in [3.8, 4) is 16.9 Å². The van der Waals surface area contributed by atoms with Crippen molar-refractivity contribution >= 4 is 16.6 Å². The number of aromatic nitrogens is 3. The Morgan fingerprint density at radius 3 is 2.26 bits per heavy atom. The summed E-state index contributed by atoms with van der Waals surface area (Å²) in [5, 5.41) is 4.04. The van der Waals surface area contributed by atoms with Crippen molar-refractivity contribution in [1.82, 2.24) is 13.7 Å². The molecule has 1 N–H and O–H groups in total. The highest BCUT2D eigenvalue weighted by Crippen LogP contribution is 2.45. The molecule has 0 saturated carbocycles. The zero-order valence-electron chi connectivity index (χ0n) is 19.5. The van der Waals surface area contributed by atoms with Gasteiger partial charge in [0.2, 0.25) is 0 Å². The predicted octanol–water partition coefficient (Wildman–Crippen LogP) is 4.66. The molecule has 1 unspecified atom stereocenters. The summed E-state index contributed by atoms with van der Waals surface area (Å²) in [7, 11) is 3.19. The first-order valence-corrected chi connectivity index (χ1v) is 11.4. The fourth-order valence-electron chi connectivity index (χ4n) is 5.11. The molecule has 1 aliphatic heterocycles. The zero-order valence-corrected chi connectivity index (χ0v) is 19.5. The summed E-state index contributed by atoms with van der Waals surface area (Å²) in [6, 6.07) is 21.8. The second kappa shape index (κ2) is 7.56. The number of fused-ring (bicyclic) bond motifs is 5. The Balaban J connectivity index is 1.85. The summed E-state index contributed by atoms with van der Waals surface area (Å²) in [6.45, 7) is 2.02. The van der Waals surface area contributed by atoms with Crippen LogP contribution in [0.2, 0.25) is 0 Å². The third-order valence-corrected chi connectivity index (χ3v) is 6.86. The van der Waals surface area contributed by atoms with Crippen LogP contribution in [-0.4, -0.2) is 13.7 Å². The summed E-state index contributed by atoms with van der Waals surface area (Å²) in [5.41, 5.74) is 5.86. The average Bonchev–Trinajstić information content (AvgIpc) is 3.23. The molecule has 6 rings (SSSR count). The lowest BCUT2D eigenvalue weighted by Crippen LogP contribution is -2.37. The Morgan fingerprint density at radius 2 is 1.54 bits per heavy atom. The van der Waals surface area contributed by atoms with Gasteiger partial charge in [-0.1, -0.05) is 54.1 Å². The van der Waals surface area contributed by atoms with Crippen LogP contribution in [0.3, 0.4) is 0 Å². The van der Waals surface area contributed by atoms with Crippen LogP contribution in [0.25, 0.3) is 27.8 Å². The maximum absolute atomic E-state index is 13.8. The van der Waals surface area contributed by atoms with E-state index in [1.165, 1.54) is 23.7 Å². The van der Waals surface area contributed by atoms with E-state index < -0.39 is 11.7 Å². The van der Waals surface area contributed by atoms with E-state index in [1.54, 1.807) is 19.2 Å². The van der Waals surface area contributed by atoms with Crippen LogP contribution in [0.15, 0.2) is 82.4 Å². The second-order valence-corrected chi connectivity index (χ2v) is 9.01. The molecule has 0 spiro atoms. The third-order valence-electron chi connectivity index (χ3n) is 6.86. The SMILES string of the molecule is Cc1ccc(-c2c3c(=O)n(C)c(=O)n(C)c3c3n2-c2ccccc2NC3c2ccc(F)cc2)cc1. The Hall–Kier alpha value is -4.39. The third kappa shape index (κ3) is 3.01. The van der Waals surface area contributed by atoms with E-state index in [2.05, 4.69) is 9.88 Å². The van der Waals surface area contributed by atoms with Crippen molar-refractivity contribution in [2.45, 2.75) is 13.0 Å². The number of nitrogens with one attached hydrogen (secondary N) is 1. The minimum Gasteiger partial charge on any atom is -0.371 e. The lowest BCUT2D eigenvalue weighted by atomic mass is 9.99. The van der Waals surface area contributed by atoms with Gasteiger partial charge in [0.25, 0.3) is 5.56 Å². The van der Waals surface area contributed by atoms with Gasteiger partial charge in [0.05, 0.1) is 39.7 Å². The van der Waals surface area contributed by atoms with Gasteiger partial charge in [-0.05, 0) is 42.3 Å². The van der Waals surface area contributed by atoms with Crippen molar-refractivity contribution in [3.05, 3.63) is 116 Å². The molecule has 2 aromatic heterocycles. The molecule has 0 saturated heterocycles. The summed E-state index contributed by atoms with van der Waals surface area (Å²) < 4.78 is 18.6. The van der Waals surface area contributed by atoms with Crippen LogP contribution >= 0.6 is 0 Å². The molecule has 0 aliphatic carbocycles. The van der Waals surface area contributed by atoms with Crippen LogP contribution in [-0.2, 0) is 14.1 Å². The summed E-state index contributed by atoms with van der Waals surface area (Å²) in [5.74, 6) is -0.327. The average molecular weight is 467 g/mol. The molecular formula is C28H23FN4O2. The Labute approximate surface area is 200 Å². The van der Waals surface area contributed by atoms with E-state index in [-0.39, 0.29) is 11.4 Å². The van der Waals surface area contributed by atoms with Crippen molar-refractivity contribution in [2.24, 2.45) is 14.1 Å². The second-order valence-electron chi connectivity index (χ2n) is 9.01. The van der Waals surface area contributed by atoms with Crippen molar-refractivity contribution in [3.63, 3.8) is 0 Å². The number of para-hydroxylation sites is 2. The molecule has 3 aromatic carbocycles. The fraction of sp³-hybridized carbons (Fsp3) is 0.143. The van der Waals surface area contributed by atoms with Gasteiger partial charge in [-0.3, -0.25) is 13.9 Å². The van der Waals surface area contributed by atoms with E-state index in [9.17, 15) is 14.0 Å². The molecule has 1 atom stereocenters. The lowest BCUT2D eigenvalue weighted by Gasteiger charge is -2.31. The highest BCUT2D eigenvalue weighted by atomic mass is 19.1. The quantitative estimate of drug-likeness (QED) is 0.412. The van der Waals surface area contributed by atoms with E-state index in [4.69, 9.17) is 0 Å². The predicted molar refractivity (Wildman–Crippen MR) is 136 cm³/mol. The monoisotopic (exact) mass is 466 g/mol. The first kappa shape index (κ1) is 21.2. The summed E-state index contributed by atoms with van der Waals surface area (Å²) >= 11 is 0. The number of anilines is 1. The molecular weight excluding hydrogens is 443 g/mol. The number of hydrogen-bond donors (Lipinski definition) is 1.